The maximum atomic E-state index is 12.7. The van der Waals surface area contributed by atoms with E-state index < -0.39 is 5.97 Å². The minimum atomic E-state index is -0.697. The van der Waals surface area contributed by atoms with Gasteiger partial charge in [-0.2, -0.15) is 0 Å². The molecule has 1 N–H and O–H groups in total. The van der Waals surface area contributed by atoms with Crippen molar-refractivity contribution in [1.29, 1.82) is 0 Å². The molecular weight excluding hydrogens is 617 g/mol. The molecule has 0 aliphatic carbocycles. The van der Waals surface area contributed by atoms with E-state index in [1.807, 2.05) is 0 Å². The highest BCUT2D eigenvalue weighted by molar-refractivity contribution is 5.69. The third kappa shape index (κ3) is 40.8. The SMILES string of the molecule is CCCCCCCC/C=C\C(CCCCCCCCC(=O)O)OC(=O)CCCCCCCCCCCCC/C=C\CCCCCCCCCC. The van der Waals surface area contributed by atoms with Crippen molar-refractivity contribution in [2.75, 3.05) is 0 Å². The Morgan fingerprint density at radius 1 is 0.440 bits per heavy atom. The monoisotopic (exact) mass is 703 g/mol. The Bertz CT molecular complexity index is 757. The van der Waals surface area contributed by atoms with Crippen molar-refractivity contribution < 1.29 is 19.4 Å². The van der Waals surface area contributed by atoms with Crippen molar-refractivity contribution in [3.8, 4) is 0 Å². The molecule has 0 aromatic rings. The fourth-order valence-electron chi connectivity index (χ4n) is 6.80. The summed E-state index contributed by atoms with van der Waals surface area (Å²) in [6, 6.07) is 0. The Kier molecular flexibility index (Phi) is 40.5. The van der Waals surface area contributed by atoms with Gasteiger partial charge in [0.05, 0.1) is 0 Å². The molecule has 50 heavy (non-hydrogen) atoms. The average molecular weight is 703 g/mol. The van der Waals surface area contributed by atoms with Crippen LogP contribution >= 0.6 is 0 Å². The number of hydrogen-bond donors (Lipinski definition) is 1. The van der Waals surface area contributed by atoms with Gasteiger partial charge in [0, 0.05) is 12.8 Å². The van der Waals surface area contributed by atoms with Gasteiger partial charge in [0.1, 0.15) is 6.10 Å². The summed E-state index contributed by atoms with van der Waals surface area (Å²) >= 11 is 0. The summed E-state index contributed by atoms with van der Waals surface area (Å²) in [5.41, 5.74) is 0. The van der Waals surface area contributed by atoms with Crippen LogP contribution < -0.4 is 0 Å². The van der Waals surface area contributed by atoms with E-state index >= 15 is 0 Å². The van der Waals surface area contributed by atoms with Crippen LogP contribution in [-0.2, 0) is 14.3 Å². The summed E-state index contributed by atoms with van der Waals surface area (Å²) in [5.74, 6) is -0.733. The summed E-state index contributed by atoms with van der Waals surface area (Å²) < 4.78 is 5.94. The smallest absolute Gasteiger partial charge is 0.306 e. The molecule has 0 rings (SSSR count). The van der Waals surface area contributed by atoms with Crippen LogP contribution in [0.15, 0.2) is 24.3 Å². The minimum absolute atomic E-state index is 0.0353. The van der Waals surface area contributed by atoms with Crippen LogP contribution in [0.5, 0.6) is 0 Å². The molecule has 1 unspecified atom stereocenters. The molecule has 0 saturated carbocycles. The predicted octanol–water partition coefficient (Wildman–Crippen LogP) is 15.6. The predicted molar refractivity (Wildman–Crippen MR) is 218 cm³/mol. The molecule has 0 aromatic heterocycles. The highest BCUT2D eigenvalue weighted by Crippen LogP contribution is 2.17. The Morgan fingerprint density at radius 3 is 1.20 bits per heavy atom. The van der Waals surface area contributed by atoms with E-state index in [1.54, 1.807) is 0 Å². The normalized spacial score (nSPS) is 12.4. The van der Waals surface area contributed by atoms with Gasteiger partial charge in [0.2, 0.25) is 0 Å². The number of ether oxygens (including phenoxy) is 1. The molecule has 0 aromatic carbocycles. The summed E-state index contributed by atoms with van der Waals surface area (Å²) in [4.78, 5) is 23.3. The first-order valence-corrected chi connectivity index (χ1v) is 22.3. The van der Waals surface area contributed by atoms with Gasteiger partial charge >= 0.3 is 11.9 Å². The van der Waals surface area contributed by atoms with E-state index in [2.05, 4.69) is 38.2 Å². The van der Waals surface area contributed by atoms with Gasteiger partial charge in [0.25, 0.3) is 0 Å². The topological polar surface area (TPSA) is 63.6 Å². The number of carboxylic acids is 1. The van der Waals surface area contributed by atoms with Gasteiger partial charge < -0.3 is 9.84 Å². The second-order valence-electron chi connectivity index (χ2n) is 15.2. The van der Waals surface area contributed by atoms with Crippen LogP contribution in [0.3, 0.4) is 0 Å². The standard InChI is InChI=1S/C46H86O4/c1-3-5-7-9-11-13-14-15-16-17-18-19-20-21-22-23-24-25-26-27-29-35-39-43-46(49)50-44(40-36-32-28-12-10-8-6-4-2)41-37-33-30-31-34-38-42-45(47)48/h17-18,36,40,44H,3-16,19-35,37-39,41-43H2,1-2H3,(H,47,48)/b18-17-,40-36-. The van der Waals surface area contributed by atoms with Crippen LogP contribution in [0.2, 0.25) is 0 Å². The largest absolute Gasteiger partial charge is 0.481 e. The maximum Gasteiger partial charge on any atom is 0.306 e. The first-order valence-electron chi connectivity index (χ1n) is 22.3. The average Bonchev–Trinajstić information content (AvgIpc) is 3.10. The lowest BCUT2D eigenvalue weighted by molar-refractivity contribution is -0.147. The van der Waals surface area contributed by atoms with Crippen molar-refractivity contribution in [2.45, 2.75) is 258 Å². The van der Waals surface area contributed by atoms with Crippen LogP contribution in [0, 0.1) is 0 Å². The van der Waals surface area contributed by atoms with Gasteiger partial charge in [-0.1, -0.05) is 193 Å². The van der Waals surface area contributed by atoms with Gasteiger partial charge in [-0.05, 0) is 70.3 Å². The quantitative estimate of drug-likeness (QED) is 0.0391. The third-order valence-corrected chi connectivity index (χ3v) is 10.1. The lowest BCUT2D eigenvalue weighted by atomic mass is 10.0. The number of allylic oxidation sites excluding steroid dienone is 3. The Morgan fingerprint density at radius 2 is 0.780 bits per heavy atom. The van der Waals surface area contributed by atoms with Gasteiger partial charge in [-0.3, -0.25) is 9.59 Å². The van der Waals surface area contributed by atoms with Crippen molar-refractivity contribution in [2.24, 2.45) is 0 Å². The van der Waals surface area contributed by atoms with Gasteiger partial charge in [0.15, 0.2) is 0 Å². The first-order chi connectivity index (χ1) is 24.6. The van der Waals surface area contributed by atoms with E-state index in [-0.39, 0.29) is 18.5 Å². The number of hydrogen-bond acceptors (Lipinski definition) is 3. The number of carboxylic acid groups (broad SMARTS) is 1. The fraction of sp³-hybridized carbons (Fsp3) is 0.870. The first kappa shape index (κ1) is 48.4. The van der Waals surface area contributed by atoms with E-state index in [0.717, 1.165) is 64.2 Å². The number of esters is 1. The molecule has 0 fully saturated rings. The zero-order chi connectivity index (χ0) is 36.4. The molecule has 0 aliphatic rings. The summed E-state index contributed by atoms with van der Waals surface area (Å²) in [6.07, 6.45) is 53.8. The van der Waals surface area contributed by atoms with Crippen molar-refractivity contribution in [1.82, 2.24) is 0 Å². The number of unbranched alkanes of at least 4 members (excludes halogenated alkanes) is 30. The second kappa shape index (κ2) is 41.8. The lowest BCUT2D eigenvalue weighted by Gasteiger charge is -2.15. The molecule has 0 aliphatic heterocycles. The third-order valence-electron chi connectivity index (χ3n) is 10.1. The molecule has 4 heteroatoms. The second-order valence-corrected chi connectivity index (χ2v) is 15.2. The lowest BCUT2D eigenvalue weighted by Crippen LogP contribution is -2.16. The summed E-state index contributed by atoms with van der Waals surface area (Å²) in [6.45, 7) is 4.54. The Balaban J connectivity index is 3.84. The van der Waals surface area contributed by atoms with Crippen LogP contribution in [0.25, 0.3) is 0 Å². The zero-order valence-electron chi connectivity index (χ0n) is 33.7. The van der Waals surface area contributed by atoms with Crippen LogP contribution in [0.4, 0.5) is 0 Å². The van der Waals surface area contributed by atoms with Crippen LogP contribution in [-0.4, -0.2) is 23.1 Å². The zero-order valence-corrected chi connectivity index (χ0v) is 33.7. The van der Waals surface area contributed by atoms with Gasteiger partial charge in [-0.15, -0.1) is 0 Å². The van der Waals surface area contributed by atoms with E-state index in [0.29, 0.717) is 6.42 Å². The minimum Gasteiger partial charge on any atom is -0.481 e. The fourth-order valence-corrected chi connectivity index (χ4v) is 6.80. The van der Waals surface area contributed by atoms with Crippen LogP contribution in [0.1, 0.15) is 251 Å². The van der Waals surface area contributed by atoms with E-state index in [4.69, 9.17) is 9.84 Å². The van der Waals surface area contributed by atoms with E-state index in [9.17, 15) is 9.59 Å². The molecule has 0 heterocycles. The molecule has 0 radical (unpaired) electrons. The molecule has 4 nitrogen and oxygen atoms in total. The maximum absolute atomic E-state index is 12.7. The summed E-state index contributed by atoms with van der Waals surface area (Å²) in [5, 5.41) is 8.79. The molecule has 0 bridgehead atoms. The number of rotatable bonds is 41. The molecule has 294 valence electrons. The van der Waals surface area contributed by atoms with Crippen molar-refractivity contribution >= 4 is 11.9 Å². The highest BCUT2D eigenvalue weighted by atomic mass is 16.5. The van der Waals surface area contributed by atoms with E-state index in [1.165, 1.54) is 161 Å². The Hall–Kier alpha value is -1.58. The van der Waals surface area contributed by atoms with Crippen molar-refractivity contribution in [3.63, 3.8) is 0 Å². The number of carbonyl (C=O) groups excluding carboxylic acids is 1. The summed E-state index contributed by atoms with van der Waals surface area (Å²) in [7, 11) is 0. The highest BCUT2D eigenvalue weighted by Gasteiger charge is 2.11. The number of aliphatic carboxylic acids is 1. The molecular formula is C46H86O4. The number of carbonyl (C=O) groups is 2. The Labute approximate surface area is 312 Å². The van der Waals surface area contributed by atoms with Crippen molar-refractivity contribution in [3.05, 3.63) is 24.3 Å². The molecule has 0 amide bonds. The van der Waals surface area contributed by atoms with Gasteiger partial charge in [-0.25, -0.2) is 0 Å². The molecule has 0 spiro atoms. The molecule has 1 atom stereocenters. The molecule has 0 saturated heterocycles.